The van der Waals surface area contributed by atoms with Crippen molar-refractivity contribution >= 4 is 78.6 Å². The minimum Gasteiger partial charge on any atom is -0.386 e. The van der Waals surface area contributed by atoms with Gasteiger partial charge in [-0.15, -0.1) is 0 Å². The van der Waals surface area contributed by atoms with E-state index in [1.807, 2.05) is 0 Å². The third-order valence-corrected chi connectivity index (χ3v) is 7.05. The number of rotatable bonds is 4. The first-order valence-corrected chi connectivity index (χ1v) is 11.2. The van der Waals surface area contributed by atoms with Crippen molar-refractivity contribution in [3.05, 3.63) is 55.5 Å². The van der Waals surface area contributed by atoms with Crippen LogP contribution in [0.2, 0.25) is 20.1 Å². The van der Waals surface area contributed by atoms with E-state index in [4.69, 9.17) is 55.5 Å². The van der Waals surface area contributed by atoms with Gasteiger partial charge in [0.25, 0.3) is 20.2 Å². The molecule has 0 radical (unpaired) electrons. The first kappa shape index (κ1) is 23.8. The zero-order valence-electron chi connectivity index (χ0n) is 13.4. The average molecular weight is 524 g/mol. The summed E-state index contributed by atoms with van der Waals surface area (Å²) in [4.78, 5) is 22.8. The molecule has 0 aliphatic rings. The summed E-state index contributed by atoms with van der Waals surface area (Å²) in [6, 6.07) is 3.19. The highest BCUT2D eigenvalue weighted by Crippen LogP contribution is 2.34. The zero-order chi connectivity index (χ0) is 22.3. The van der Waals surface area contributed by atoms with Crippen LogP contribution >= 0.6 is 46.4 Å². The van der Waals surface area contributed by atoms with Crippen LogP contribution < -0.4 is 0 Å². The van der Waals surface area contributed by atoms with Crippen LogP contribution in [-0.2, 0) is 25.0 Å². The molecule has 0 atom stereocenters. The maximum atomic E-state index is 12.2. The summed E-state index contributed by atoms with van der Waals surface area (Å²) in [6.45, 7) is 0. The van der Waals surface area contributed by atoms with Crippen molar-refractivity contribution in [3.63, 3.8) is 0 Å². The normalized spacial score (nSPS) is 11.9. The van der Waals surface area contributed by atoms with Gasteiger partial charge in [-0.1, -0.05) is 46.4 Å². The minimum atomic E-state index is -4.73. The van der Waals surface area contributed by atoms with Crippen LogP contribution in [0, 0.1) is 0 Å². The van der Waals surface area contributed by atoms with E-state index in [2.05, 4.69) is 4.74 Å². The molecule has 0 amide bonds. The molecule has 0 saturated carbocycles. The average Bonchev–Trinajstić information content (AvgIpc) is 2.56. The Morgan fingerprint density at radius 2 is 0.966 bits per heavy atom. The number of esters is 2. The number of halogens is 4. The largest absolute Gasteiger partial charge is 0.386 e. The monoisotopic (exact) mass is 522 g/mol. The van der Waals surface area contributed by atoms with Gasteiger partial charge in [-0.25, -0.2) is 9.59 Å². The molecule has 9 nitrogen and oxygen atoms in total. The van der Waals surface area contributed by atoms with Crippen LogP contribution in [0.3, 0.4) is 0 Å². The molecular formula is C14H6Cl4O9S2. The molecule has 0 saturated heterocycles. The first-order valence-electron chi connectivity index (χ1n) is 6.83. The number of ether oxygens (including phenoxy) is 1. The van der Waals surface area contributed by atoms with Crippen LogP contribution in [0.5, 0.6) is 0 Å². The lowest BCUT2D eigenvalue weighted by Gasteiger charge is -2.10. The topological polar surface area (TPSA) is 152 Å². The van der Waals surface area contributed by atoms with E-state index in [1.165, 1.54) is 0 Å². The number of carbonyl (C=O) groups excluding carboxylic acids is 2. The third-order valence-electron chi connectivity index (χ3n) is 3.27. The lowest BCUT2D eigenvalue weighted by molar-refractivity contribution is 0.0397. The van der Waals surface area contributed by atoms with Crippen LogP contribution in [0.15, 0.2) is 34.1 Å². The maximum Gasteiger partial charge on any atom is 0.347 e. The van der Waals surface area contributed by atoms with Gasteiger partial charge in [0.15, 0.2) is 0 Å². The van der Waals surface area contributed by atoms with Crippen LogP contribution in [0.4, 0.5) is 0 Å². The Morgan fingerprint density at radius 1 is 0.655 bits per heavy atom. The molecule has 2 rings (SSSR count). The van der Waals surface area contributed by atoms with Crippen LogP contribution in [0.25, 0.3) is 0 Å². The highest BCUT2D eigenvalue weighted by atomic mass is 35.5. The Bertz CT molecular complexity index is 1160. The summed E-state index contributed by atoms with van der Waals surface area (Å²) in [5.41, 5.74) is -1.04. The first-order chi connectivity index (χ1) is 13.2. The number of hydrogen-bond donors (Lipinski definition) is 2. The Kier molecular flexibility index (Phi) is 6.87. The van der Waals surface area contributed by atoms with Gasteiger partial charge in [-0.05, 0) is 24.3 Å². The molecule has 0 spiro atoms. The summed E-state index contributed by atoms with van der Waals surface area (Å²) in [6.07, 6.45) is 0. The molecule has 0 fully saturated rings. The van der Waals surface area contributed by atoms with Crippen LogP contribution in [-0.4, -0.2) is 37.9 Å². The fraction of sp³-hybridized carbons (Fsp3) is 0. The van der Waals surface area contributed by atoms with E-state index in [-0.39, 0.29) is 0 Å². The molecule has 0 bridgehead atoms. The highest BCUT2D eigenvalue weighted by molar-refractivity contribution is 7.86. The van der Waals surface area contributed by atoms with Crippen molar-refractivity contribution in [2.75, 3.05) is 0 Å². The number of benzene rings is 2. The van der Waals surface area contributed by atoms with Gasteiger partial charge in [-0.3, -0.25) is 9.11 Å². The highest BCUT2D eigenvalue weighted by Gasteiger charge is 2.27. The summed E-state index contributed by atoms with van der Waals surface area (Å²) < 4.78 is 67.3. The lowest BCUT2D eigenvalue weighted by Crippen LogP contribution is -2.15. The van der Waals surface area contributed by atoms with E-state index >= 15 is 0 Å². The Labute approximate surface area is 183 Å². The van der Waals surface area contributed by atoms with Gasteiger partial charge >= 0.3 is 11.9 Å². The van der Waals surface area contributed by atoms with Gasteiger partial charge in [0.1, 0.15) is 9.79 Å². The van der Waals surface area contributed by atoms with Gasteiger partial charge in [-0.2, -0.15) is 16.8 Å². The van der Waals surface area contributed by atoms with Crippen molar-refractivity contribution in [3.8, 4) is 0 Å². The van der Waals surface area contributed by atoms with E-state index in [0.717, 1.165) is 24.3 Å². The zero-order valence-corrected chi connectivity index (χ0v) is 18.0. The molecule has 2 aromatic rings. The van der Waals surface area contributed by atoms with E-state index in [0.29, 0.717) is 0 Å². The third kappa shape index (κ3) is 5.01. The van der Waals surface area contributed by atoms with Crippen molar-refractivity contribution in [1.82, 2.24) is 0 Å². The second-order valence-corrected chi connectivity index (χ2v) is 9.40. The van der Waals surface area contributed by atoms with Crippen molar-refractivity contribution in [2.45, 2.75) is 9.79 Å². The molecule has 0 aliphatic carbocycles. The smallest absolute Gasteiger partial charge is 0.347 e. The molecule has 156 valence electrons. The lowest BCUT2D eigenvalue weighted by atomic mass is 10.2. The van der Waals surface area contributed by atoms with Crippen molar-refractivity contribution in [2.24, 2.45) is 0 Å². The standard InChI is InChI=1S/C14H6Cl4O9S2/c15-9-5(1-3-7(11(9)17)28(21,22)23)13(19)27-14(20)6-2-4-8(29(24,25)26)12(18)10(6)16/h1-4H,(H,21,22,23)(H,24,25,26). The Hall–Kier alpha value is -1.44. The minimum absolute atomic E-state index is 0.519. The second-order valence-electron chi connectivity index (χ2n) is 5.11. The fourth-order valence-corrected chi connectivity index (χ4v) is 4.62. The Morgan fingerprint density at radius 3 is 1.24 bits per heavy atom. The summed E-state index contributed by atoms with van der Waals surface area (Å²) in [5.74, 6) is -2.73. The summed E-state index contributed by atoms with van der Waals surface area (Å²) >= 11 is 23.0. The molecule has 2 N–H and O–H groups in total. The van der Waals surface area contributed by atoms with Crippen molar-refractivity contribution < 1.29 is 40.3 Å². The number of carbonyl (C=O) groups is 2. The molecule has 0 aliphatic heterocycles. The molecule has 15 heteroatoms. The van der Waals surface area contributed by atoms with E-state index in [1.54, 1.807) is 0 Å². The van der Waals surface area contributed by atoms with Gasteiger partial charge in [0.2, 0.25) is 0 Å². The summed E-state index contributed by atoms with van der Waals surface area (Å²) in [5, 5.41) is -2.61. The maximum absolute atomic E-state index is 12.2. The van der Waals surface area contributed by atoms with Gasteiger partial charge < -0.3 is 4.74 Å². The molecular weight excluding hydrogens is 518 g/mol. The number of hydrogen-bond acceptors (Lipinski definition) is 7. The van der Waals surface area contributed by atoms with E-state index in [9.17, 15) is 26.4 Å². The van der Waals surface area contributed by atoms with Gasteiger partial charge in [0, 0.05) is 0 Å². The van der Waals surface area contributed by atoms with E-state index < -0.39 is 73.2 Å². The fourth-order valence-electron chi connectivity index (χ4n) is 1.97. The second kappa shape index (κ2) is 8.36. The predicted octanol–water partition coefficient (Wildman–Crippen LogP) is 3.79. The molecule has 2 aromatic carbocycles. The summed E-state index contributed by atoms with van der Waals surface area (Å²) in [7, 11) is -9.46. The molecule has 0 aromatic heterocycles. The molecule has 29 heavy (non-hydrogen) atoms. The SMILES string of the molecule is O=C(OC(=O)c1ccc(S(=O)(=O)O)c(Cl)c1Cl)c1ccc(S(=O)(=O)O)c(Cl)c1Cl. The van der Waals surface area contributed by atoms with Crippen molar-refractivity contribution in [1.29, 1.82) is 0 Å². The predicted molar refractivity (Wildman–Crippen MR) is 102 cm³/mol. The Balaban J connectivity index is 2.39. The van der Waals surface area contributed by atoms with Gasteiger partial charge in [0.05, 0.1) is 31.2 Å². The molecule has 0 unspecified atom stereocenters. The quantitative estimate of drug-likeness (QED) is 0.346. The van der Waals surface area contributed by atoms with Crippen LogP contribution in [0.1, 0.15) is 20.7 Å². The molecule has 0 heterocycles.